The van der Waals surface area contributed by atoms with Crippen LogP contribution in [0.15, 0.2) is 91.0 Å². The molecule has 0 aliphatic carbocycles. The van der Waals surface area contributed by atoms with Gasteiger partial charge in [0, 0.05) is 19.3 Å². The van der Waals surface area contributed by atoms with Crippen LogP contribution in [0.25, 0.3) is 0 Å². The molecule has 4 fully saturated rings. The van der Waals surface area contributed by atoms with E-state index in [-0.39, 0.29) is 48.8 Å². The van der Waals surface area contributed by atoms with E-state index in [1.165, 1.54) is 0 Å². The van der Waals surface area contributed by atoms with E-state index < -0.39 is 17.7 Å². The van der Waals surface area contributed by atoms with Crippen LogP contribution in [0.5, 0.6) is 0 Å². The summed E-state index contributed by atoms with van der Waals surface area (Å²) in [6, 6.07) is 30.6. The molecular formula is C41H52O9. The third-order valence-corrected chi connectivity index (χ3v) is 9.96. The summed E-state index contributed by atoms with van der Waals surface area (Å²) in [5, 5.41) is 0. The number of ether oxygens (including phenoxy) is 9. The first-order chi connectivity index (χ1) is 24.2. The SMILES string of the molecule is CC1(C)OC[C@H]2O[C@H]3C[C@H]4OC(C)(C)O[C@H]4C[C@@H](OCc4ccccc4)[C@H](COCc4ccccc4)O[C@@H]3C[C@@H](OCc3ccccc3)[C@@H]2O1. The Morgan fingerprint density at radius 3 is 1.68 bits per heavy atom. The van der Waals surface area contributed by atoms with Crippen LogP contribution < -0.4 is 0 Å². The van der Waals surface area contributed by atoms with Crippen LogP contribution in [0.3, 0.4) is 0 Å². The molecule has 50 heavy (non-hydrogen) atoms. The zero-order valence-electron chi connectivity index (χ0n) is 29.7. The average molecular weight is 689 g/mol. The summed E-state index contributed by atoms with van der Waals surface area (Å²) in [7, 11) is 0. The average Bonchev–Trinajstić information content (AvgIpc) is 3.34. The Bertz CT molecular complexity index is 1470. The van der Waals surface area contributed by atoms with Crippen molar-refractivity contribution in [1.29, 1.82) is 0 Å². The Labute approximate surface area is 296 Å². The number of hydrogen-bond donors (Lipinski definition) is 0. The second-order valence-corrected chi connectivity index (χ2v) is 14.8. The van der Waals surface area contributed by atoms with Crippen LogP contribution in [-0.4, -0.2) is 79.7 Å². The second-order valence-electron chi connectivity index (χ2n) is 14.8. The van der Waals surface area contributed by atoms with E-state index >= 15 is 0 Å². The monoisotopic (exact) mass is 688 g/mol. The minimum absolute atomic E-state index is 0.227. The summed E-state index contributed by atoms with van der Waals surface area (Å²) in [4.78, 5) is 0. The molecule has 0 N–H and O–H groups in total. The quantitative estimate of drug-likeness (QED) is 0.230. The molecule has 0 spiro atoms. The zero-order chi connectivity index (χ0) is 34.6. The normalized spacial score (nSPS) is 33.5. The standard InChI is InChI=1S/C41H52O9/c1-40(2)45-27-38-39(50-40)36(44-25-30-18-12-7-13-19-30)22-33-32(47-38)21-35-34(48-41(3,4)49-35)20-31(43-24-29-16-10-6-11-17-29)37(46-33)26-42-23-28-14-8-5-9-15-28/h5-19,31-39H,20-27H2,1-4H3/t31-,32+,33-,34+,35-,36-,37+,38-,39+/m1/s1. The summed E-state index contributed by atoms with van der Waals surface area (Å²) in [5.41, 5.74) is 3.28. The van der Waals surface area contributed by atoms with Gasteiger partial charge in [-0.1, -0.05) is 91.0 Å². The highest BCUT2D eigenvalue weighted by Crippen LogP contribution is 2.41. The molecule has 0 amide bonds. The summed E-state index contributed by atoms with van der Waals surface area (Å²) >= 11 is 0. The smallest absolute Gasteiger partial charge is 0.163 e. The first kappa shape index (κ1) is 35.7. The lowest BCUT2D eigenvalue weighted by molar-refractivity contribution is -0.328. The van der Waals surface area contributed by atoms with Crippen molar-refractivity contribution in [2.45, 2.75) is 133 Å². The van der Waals surface area contributed by atoms with E-state index in [9.17, 15) is 0 Å². The van der Waals surface area contributed by atoms with Crippen molar-refractivity contribution in [2.24, 2.45) is 0 Å². The van der Waals surface area contributed by atoms with E-state index in [0.717, 1.165) is 16.7 Å². The molecule has 4 heterocycles. The van der Waals surface area contributed by atoms with Crippen LogP contribution in [0.1, 0.15) is 63.6 Å². The Morgan fingerprint density at radius 2 is 1.06 bits per heavy atom. The van der Waals surface area contributed by atoms with Gasteiger partial charge in [0.15, 0.2) is 11.6 Å². The second kappa shape index (κ2) is 15.9. The summed E-state index contributed by atoms with van der Waals surface area (Å²) < 4.78 is 60.0. The van der Waals surface area contributed by atoms with Crippen molar-refractivity contribution in [1.82, 2.24) is 0 Å². The van der Waals surface area contributed by atoms with Crippen molar-refractivity contribution >= 4 is 0 Å². The zero-order valence-corrected chi connectivity index (χ0v) is 29.7. The largest absolute Gasteiger partial charge is 0.374 e. The Balaban J connectivity index is 1.20. The number of benzene rings is 3. The molecule has 4 aliphatic heterocycles. The summed E-state index contributed by atoms with van der Waals surface area (Å²) in [6.45, 7) is 9.88. The number of fused-ring (bicyclic) bond motifs is 3. The summed E-state index contributed by atoms with van der Waals surface area (Å²) in [5.74, 6) is -1.52. The molecule has 3 aromatic rings. The van der Waals surface area contributed by atoms with E-state index in [1.54, 1.807) is 0 Å². The Kier molecular flexibility index (Phi) is 11.4. The van der Waals surface area contributed by atoms with Crippen molar-refractivity contribution in [3.8, 4) is 0 Å². The van der Waals surface area contributed by atoms with Crippen LogP contribution in [0.4, 0.5) is 0 Å². The fraction of sp³-hybridized carbons (Fsp3) is 0.561. The third kappa shape index (κ3) is 9.20. The number of hydrogen-bond acceptors (Lipinski definition) is 9. The van der Waals surface area contributed by atoms with Crippen LogP contribution in [-0.2, 0) is 62.5 Å². The molecule has 0 saturated carbocycles. The molecular weight excluding hydrogens is 636 g/mol. The predicted octanol–water partition coefficient (Wildman–Crippen LogP) is 6.75. The Morgan fingerprint density at radius 1 is 0.540 bits per heavy atom. The molecule has 4 aliphatic rings. The molecule has 270 valence electrons. The van der Waals surface area contributed by atoms with Gasteiger partial charge < -0.3 is 42.6 Å². The molecule has 0 bridgehead atoms. The maximum Gasteiger partial charge on any atom is 0.163 e. The van der Waals surface area contributed by atoms with E-state index in [2.05, 4.69) is 36.4 Å². The lowest BCUT2D eigenvalue weighted by Crippen LogP contribution is -2.54. The molecule has 9 atom stereocenters. The minimum Gasteiger partial charge on any atom is -0.374 e. The highest BCUT2D eigenvalue weighted by atomic mass is 16.8. The van der Waals surface area contributed by atoms with Crippen molar-refractivity contribution in [3.05, 3.63) is 108 Å². The van der Waals surface area contributed by atoms with Crippen molar-refractivity contribution < 1.29 is 42.6 Å². The van der Waals surface area contributed by atoms with E-state index in [1.807, 2.05) is 82.3 Å². The topological polar surface area (TPSA) is 83.1 Å². The van der Waals surface area contributed by atoms with Crippen molar-refractivity contribution in [3.63, 3.8) is 0 Å². The molecule has 4 saturated heterocycles. The first-order valence-electron chi connectivity index (χ1n) is 18.1. The van der Waals surface area contributed by atoms with Gasteiger partial charge in [-0.05, 0) is 44.4 Å². The van der Waals surface area contributed by atoms with Crippen LogP contribution in [0, 0.1) is 0 Å². The summed E-state index contributed by atoms with van der Waals surface area (Å²) in [6.07, 6.45) is -1.23. The predicted molar refractivity (Wildman–Crippen MR) is 186 cm³/mol. The Hall–Kier alpha value is -2.70. The van der Waals surface area contributed by atoms with Gasteiger partial charge in [-0.15, -0.1) is 0 Å². The highest BCUT2D eigenvalue weighted by Gasteiger charge is 2.52. The molecule has 0 aromatic heterocycles. The molecule has 0 unspecified atom stereocenters. The van der Waals surface area contributed by atoms with Gasteiger partial charge >= 0.3 is 0 Å². The van der Waals surface area contributed by atoms with Crippen molar-refractivity contribution in [2.75, 3.05) is 13.2 Å². The molecule has 0 radical (unpaired) electrons. The van der Waals surface area contributed by atoms with Crippen LogP contribution >= 0.6 is 0 Å². The molecule has 3 aromatic carbocycles. The highest BCUT2D eigenvalue weighted by molar-refractivity contribution is 5.15. The lowest BCUT2D eigenvalue weighted by atomic mass is 9.96. The van der Waals surface area contributed by atoms with E-state index in [4.69, 9.17) is 42.6 Å². The first-order valence-corrected chi connectivity index (χ1v) is 18.1. The van der Waals surface area contributed by atoms with Crippen LogP contribution in [0.2, 0.25) is 0 Å². The molecule has 9 heteroatoms. The third-order valence-electron chi connectivity index (χ3n) is 9.96. The fourth-order valence-electron chi connectivity index (χ4n) is 7.56. The van der Waals surface area contributed by atoms with Gasteiger partial charge in [-0.2, -0.15) is 0 Å². The van der Waals surface area contributed by atoms with Gasteiger partial charge in [0.1, 0.15) is 18.3 Å². The lowest BCUT2D eigenvalue weighted by Gasteiger charge is -2.42. The molecule has 7 rings (SSSR count). The van der Waals surface area contributed by atoms with Gasteiger partial charge in [0.05, 0.1) is 69.7 Å². The van der Waals surface area contributed by atoms with Gasteiger partial charge in [0.25, 0.3) is 0 Å². The van der Waals surface area contributed by atoms with E-state index in [0.29, 0.717) is 52.3 Å². The maximum atomic E-state index is 7.19. The molecule has 9 nitrogen and oxygen atoms in total. The maximum absolute atomic E-state index is 7.19. The number of rotatable bonds is 10. The van der Waals surface area contributed by atoms with Gasteiger partial charge in [0.2, 0.25) is 0 Å². The fourth-order valence-corrected chi connectivity index (χ4v) is 7.56. The van der Waals surface area contributed by atoms with Gasteiger partial charge in [-0.25, -0.2) is 0 Å². The van der Waals surface area contributed by atoms with Gasteiger partial charge in [-0.3, -0.25) is 0 Å². The minimum atomic E-state index is -0.776.